The van der Waals surface area contributed by atoms with E-state index in [4.69, 9.17) is 5.73 Å². The van der Waals surface area contributed by atoms with Gasteiger partial charge < -0.3 is 11.1 Å². The lowest BCUT2D eigenvalue weighted by molar-refractivity contribution is 0.102. The third-order valence-corrected chi connectivity index (χ3v) is 5.82. The summed E-state index contributed by atoms with van der Waals surface area (Å²) >= 11 is 1.71. The monoisotopic (exact) mass is 367 g/mol. The Morgan fingerprint density at radius 3 is 2.92 bits per heavy atom. The number of aromatic nitrogens is 3. The molecular formula is C19H21N5OS. The van der Waals surface area contributed by atoms with Crippen molar-refractivity contribution in [3.05, 3.63) is 51.5 Å². The Labute approximate surface area is 155 Å². The number of benzene rings is 1. The molecule has 7 heteroatoms. The lowest BCUT2D eigenvalue weighted by Crippen LogP contribution is -2.16. The Bertz CT molecular complexity index is 928. The standard InChI is InChI=1S/C19H21N5OS/c1-11-2-7-14-15(10-26-16(14)8-11)19(25)21-13-5-3-12(4-6-13)18-22-17(9-20)23-24-18/h3-6,10-11H,2,7-9,20H2,1H3,(H,21,25)(H,22,23,24). The largest absolute Gasteiger partial charge is 0.324 e. The van der Waals surface area contributed by atoms with Gasteiger partial charge in [-0.3, -0.25) is 9.89 Å². The van der Waals surface area contributed by atoms with E-state index in [1.165, 1.54) is 10.4 Å². The van der Waals surface area contributed by atoms with Crippen LogP contribution in [0.2, 0.25) is 0 Å². The molecule has 4 rings (SSSR count). The third-order valence-electron chi connectivity index (χ3n) is 4.77. The first-order chi connectivity index (χ1) is 12.6. The molecule has 1 atom stereocenters. The summed E-state index contributed by atoms with van der Waals surface area (Å²) in [4.78, 5) is 18.3. The van der Waals surface area contributed by atoms with Crippen molar-refractivity contribution in [2.75, 3.05) is 5.32 Å². The van der Waals surface area contributed by atoms with Crippen molar-refractivity contribution in [2.45, 2.75) is 32.7 Å². The normalized spacial score (nSPS) is 16.3. The van der Waals surface area contributed by atoms with Crippen molar-refractivity contribution in [3.8, 4) is 11.4 Å². The Morgan fingerprint density at radius 2 is 2.19 bits per heavy atom. The molecule has 4 N–H and O–H groups in total. The molecular weight excluding hydrogens is 346 g/mol. The number of nitrogens with zero attached hydrogens (tertiary/aromatic N) is 2. The molecule has 134 valence electrons. The van der Waals surface area contributed by atoms with Crippen LogP contribution in [0.1, 0.15) is 40.0 Å². The van der Waals surface area contributed by atoms with E-state index in [1.54, 1.807) is 11.3 Å². The highest BCUT2D eigenvalue weighted by Crippen LogP contribution is 2.33. The Hall–Kier alpha value is -2.51. The van der Waals surface area contributed by atoms with Gasteiger partial charge in [0.1, 0.15) is 5.82 Å². The van der Waals surface area contributed by atoms with E-state index >= 15 is 0 Å². The van der Waals surface area contributed by atoms with Crippen molar-refractivity contribution in [2.24, 2.45) is 11.7 Å². The van der Waals surface area contributed by atoms with Gasteiger partial charge in [0.15, 0.2) is 5.82 Å². The Morgan fingerprint density at radius 1 is 1.38 bits per heavy atom. The first kappa shape index (κ1) is 16.9. The number of aromatic amines is 1. The number of H-pyrrole nitrogens is 1. The molecule has 0 saturated heterocycles. The van der Waals surface area contributed by atoms with Gasteiger partial charge in [-0.05, 0) is 55.0 Å². The quantitative estimate of drug-likeness (QED) is 0.659. The van der Waals surface area contributed by atoms with Gasteiger partial charge in [-0.15, -0.1) is 11.3 Å². The van der Waals surface area contributed by atoms with Crippen LogP contribution in [0.3, 0.4) is 0 Å². The zero-order chi connectivity index (χ0) is 18.1. The fourth-order valence-corrected chi connectivity index (χ4v) is 4.53. The molecule has 0 saturated carbocycles. The molecule has 0 fully saturated rings. The van der Waals surface area contributed by atoms with Gasteiger partial charge in [0, 0.05) is 21.5 Å². The summed E-state index contributed by atoms with van der Waals surface area (Å²) in [5, 5.41) is 11.9. The maximum atomic E-state index is 12.7. The molecule has 1 unspecified atom stereocenters. The molecule has 26 heavy (non-hydrogen) atoms. The van der Waals surface area contributed by atoms with Crippen molar-refractivity contribution < 1.29 is 4.79 Å². The third kappa shape index (κ3) is 3.27. The number of fused-ring (bicyclic) bond motifs is 1. The number of anilines is 1. The van der Waals surface area contributed by atoms with Crippen LogP contribution in [0, 0.1) is 5.92 Å². The van der Waals surface area contributed by atoms with Crippen molar-refractivity contribution in [3.63, 3.8) is 0 Å². The van der Waals surface area contributed by atoms with Gasteiger partial charge in [0.25, 0.3) is 5.91 Å². The molecule has 1 aromatic carbocycles. The van der Waals surface area contributed by atoms with E-state index < -0.39 is 0 Å². The Kier molecular flexibility index (Phi) is 4.57. The summed E-state index contributed by atoms with van der Waals surface area (Å²) in [6.07, 6.45) is 3.24. The number of carbonyl (C=O) groups excluding carboxylic acids is 1. The predicted octanol–water partition coefficient (Wildman–Crippen LogP) is 3.37. The highest BCUT2D eigenvalue weighted by Gasteiger charge is 2.23. The molecule has 6 nitrogen and oxygen atoms in total. The van der Waals surface area contributed by atoms with Gasteiger partial charge in [0.2, 0.25) is 0 Å². The fraction of sp³-hybridized carbons (Fsp3) is 0.316. The molecule has 1 amide bonds. The second-order valence-electron chi connectivity index (χ2n) is 6.74. The average molecular weight is 367 g/mol. The van der Waals surface area contributed by atoms with E-state index in [1.807, 2.05) is 29.6 Å². The number of hydrogen-bond acceptors (Lipinski definition) is 5. The van der Waals surface area contributed by atoms with Gasteiger partial charge in [-0.2, -0.15) is 5.10 Å². The summed E-state index contributed by atoms with van der Waals surface area (Å²) in [5.74, 6) is 1.92. The van der Waals surface area contributed by atoms with Crippen LogP contribution in [-0.4, -0.2) is 21.1 Å². The molecule has 2 aromatic heterocycles. The molecule has 1 aliphatic rings. The highest BCUT2D eigenvalue weighted by atomic mass is 32.1. The zero-order valence-corrected chi connectivity index (χ0v) is 15.4. The SMILES string of the molecule is CC1CCc2c(C(=O)Nc3ccc(-c4n[nH]c(CN)n4)cc3)csc2C1. The number of thiophene rings is 1. The lowest BCUT2D eigenvalue weighted by atomic mass is 9.88. The Balaban J connectivity index is 1.48. The van der Waals surface area contributed by atoms with Crippen LogP contribution in [0.25, 0.3) is 11.4 Å². The number of nitrogens with one attached hydrogen (secondary N) is 2. The smallest absolute Gasteiger partial charge is 0.256 e. The molecule has 0 spiro atoms. The fourth-order valence-electron chi connectivity index (χ4n) is 3.28. The summed E-state index contributed by atoms with van der Waals surface area (Å²) in [6.45, 7) is 2.60. The second-order valence-corrected chi connectivity index (χ2v) is 7.70. The van der Waals surface area contributed by atoms with Crippen LogP contribution in [0.5, 0.6) is 0 Å². The van der Waals surface area contributed by atoms with Crippen LogP contribution in [0.15, 0.2) is 29.6 Å². The minimum Gasteiger partial charge on any atom is -0.324 e. The number of carbonyl (C=O) groups is 1. The highest BCUT2D eigenvalue weighted by molar-refractivity contribution is 7.10. The van der Waals surface area contributed by atoms with E-state index in [-0.39, 0.29) is 5.91 Å². The van der Waals surface area contributed by atoms with Gasteiger partial charge >= 0.3 is 0 Å². The zero-order valence-electron chi connectivity index (χ0n) is 14.6. The van der Waals surface area contributed by atoms with Crippen molar-refractivity contribution >= 4 is 22.9 Å². The molecule has 2 heterocycles. The summed E-state index contributed by atoms with van der Waals surface area (Å²) in [7, 11) is 0. The summed E-state index contributed by atoms with van der Waals surface area (Å²) < 4.78 is 0. The molecule has 1 aliphatic carbocycles. The van der Waals surface area contributed by atoms with Crippen LogP contribution in [-0.2, 0) is 19.4 Å². The first-order valence-electron chi connectivity index (χ1n) is 8.76. The minimum atomic E-state index is -0.0342. The van der Waals surface area contributed by atoms with Crippen LogP contribution in [0.4, 0.5) is 5.69 Å². The average Bonchev–Trinajstić information content (AvgIpc) is 3.28. The van der Waals surface area contributed by atoms with Crippen LogP contribution >= 0.6 is 11.3 Å². The molecule has 0 radical (unpaired) electrons. The predicted molar refractivity (Wildman–Crippen MR) is 103 cm³/mol. The summed E-state index contributed by atoms with van der Waals surface area (Å²) in [6, 6.07) is 7.52. The van der Waals surface area contributed by atoms with E-state index in [2.05, 4.69) is 27.4 Å². The minimum absolute atomic E-state index is 0.0342. The number of rotatable bonds is 4. The van der Waals surface area contributed by atoms with Gasteiger partial charge in [-0.1, -0.05) is 6.92 Å². The molecule has 0 aliphatic heterocycles. The van der Waals surface area contributed by atoms with E-state index in [0.717, 1.165) is 36.1 Å². The molecule has 3 aromatic rings. The van der Waals surface area contributed by atoms with Gasteiger partial charge in [0.05, 0.1) is 12.1 Å². The molecule has 0 bridgehead atoms. The summed E-state index contributed by atoms with van der Waals surface area (Å²) in [5.41, 5.74) is 9.23. The number of nitrogens with two attached hydrogens (primary N) is 1. The second kappa shape index (κ2) is 7.01. The lowest BCUT2D eigenvalue weighted by Gasteiger charge is -2.18. The number of hydrogen-bond donors (Lipinski definition) is 3. The topological polar surface area (TPSA) is 96.7 Å². The number of amides is 1. The van der Waals surface area contributed by atoms with Crippen molar-refractivity contribution in [1.29, 1.82) is 0 Å². The maximum Gasteiger partial charge on any atom is 0.256 e. The van der Waals surface area contributed by atoms with E-state index in [9.17, 15) is 4.79 Å². The first-order valence-corrected chi connectivity index (χ1v) is 9.64. The van der Waals surface area contributed by atoms with Crippen molar-refractivity contribution in [1.82, 2.24) is 15.2 Å². The maximum absolute atomic E-state index is 12.7. The van der Waals surface area contributed by atoms with Crippen LogP contribution < -0.4 is 11.1 Å². The van der Waals surface area contributed by atoms with E-state index in [0.29, 0.717) is 24.1 Å². The van der Waals surface area contributed by atoms with Gasteiger partial charge in [-0.25, -0.2) is 4.98 Å².